The molecule has 0 heterocycles. The highest BCUT2D eigenvalue weighted by Crippen LogP contribution is 2.10. The van der Waals surface area contributed by atoms with E-state index in [0.29, 0.717) is 12.3 Å². The van der Waals surface area contributed by atoms with Gasteiger partial charge in [-0.15, -0.1) is 0 Å². The molecule has 0 fully saturated rings. The van der Waals surface area contributed by atoms with Crippen LogP contribution >= 0.6 is 0 Å². The van der Waals surface area contributed by atoms with E-state index in [1.165, 1.54) is 9.80 Å². The molecule has 0 saturated heterocycles. The molecule has 0 aliphatic carbocycles. The molecule has 0 spiro atoms. The fraction of sp³-hybridized carbons (Fsp3) is 0.429. The molecular formula is C14H20N2O3. The summed E-state index contributed by atoms with van der Waals surface area (Å²) in [5, 5.41) is 0. The minimum absolute atomic E-state index is 0.0342. The highest BCUT2D eigenvalue weighted by Gasteiger charge is 2.19. The zero-order valence-corrected chi connectivity index (χ0v) is 11.6. The molecule has 0 radical (unpaired) electrons. The number of likely N-dealkylation sites (N-methyl/N-ethyl adjacent to an activating group) is 1. The zero-order valence-electron chi connectivity index (χ0n) is 11.6. The van der Waals surface area contributed by atoms with Crippen molar-refractivity contribution in [3.05, 3.63) is 30.3 Å². The Hall–Kier alpha value is -2.04. The smallest absolute Gasteiger partial charge is 0.410 e. The van der Waals surface area contributed by atoms with Gasteiger partial charge in [-0.2, -0.15) is 0 Å². The summed E-state index contributed by atoms with van der Waals surface area (Å²) in [6.45, 7) is 2.47. The van der Waals surface area contributed by atoms with E-state index >= 15 is 0 Å². The van der Waals surface area contributed by atoms with Gasteiger partial charge in [0, 0.05) is 20.6 Å². The van der Waals surface area contributed by atoms with Crippen LogP contribution in [-0.2, 0) is 4.79 Å². The Morgan fingerprint density at radius 2 is 1.79 bits per heavy atom. The van der Waals surface area contributed by atoms with E-state index in [2.05, 4.69) is 0 Å². The molecule has 5 heteroatoms. The SMILES string of the molecule is CCCN(CC(=O)N(C)C)C(=O)Oc1ccccc1. The van der Waals surface area contributed by atoms with Crippen molar-refractivity contribution in [3.8, 4) is 5.75 Å². The lowest BCUT2D eigenvalue weighted by atomic mass is 10.3. The van der Waals surface area contributed by atoms with Crippen LogP contribution in [0.15, 0.2) is 30.3 Å². The highest BCUT2D eigenvalue weighted by molar-refractivity contribution is 5.82. The first-order valence-corrected chi connectivity index (χ1v) is 6.26. The van der Waals surface area contributed by atoms with E-state index in [1.807, 2.05) is 13.0 Å². The number of para-hydroxylation sites is 1. The molecule has 2 amide bonds. The van der Waals surface area contributed by atoms with Crippen LogP contribution in [0.25, 0.3) is 0 Å². The van der Waals surface area contributed by atoms with Gasteiger partial charge >= 0.3 is 6.09 Å². The van der Waals surface area contributed by atoms with Gasteiger partial charge in [-0.05, 0) is 18.6 Å². The Kier molecular flexibility index (Phi) is 5.85. The fourth-order valence-electron chi connectivity index (χ4n) is 1.46. The summed E-state index contributed by atoms with van der Waals surface area (Å²) in [6, 6.07) is 8.83. The standard InChI is InChI=1S/C14H20N2O3/c1-4-10-16(11-13(17)15(2)3)14(18)19-12-8-6-5-7-9-12/h5-9H,4,10-11H2,1-3H3. The van der Waals surface area contributed by atoms with Gasteiger partial charge in [0.25, 0.3) is 0 Å². The average Bonchev–Trinajstić information content (AvgIpc) is 2.39. The molecule has 0 aromatic heterocycles. The predicted molar refractivity (Wildman–Crippen MR) is 73.0 cm³/mol. The normalized spacial score (nSPS) is 9.84. The van der Waals surface area contributed by atoms with Crippen LogP contribution < -0.4 is 4.74 Å². The van der Waals surface area contributed by atoms with Gasteiger partial charge in [-0.3, -0.25) is 9.69 Å². The molecule has 0 saturated carbocycles. The first kappa shape index (κ1) is 15.0. The van der Waals surface area contributed by atoms with Crippen molar-refractivity contribution >= 4 is 12.0 Å². The van der Waals surface area contributed by atoms with Crippen molar-refractivity contribution < 1.29 is 14.3 Å². The van der Waals surface area contributed by atoms with Crippen LogP contribution in [0.3, 0.4) is 0 Å². The van der Waals surface area contributed by atoms with Crippen molar-refractivity contribution in [3.63, 3.8) is 0 Å². The van der Waals surface area contributed by atoms with Gasteiger partial charge in [0.1, 0.15) is 12.3 Å². The summed E-state index contributed by atoms with van der Waals surface area (Å²) in [7, 11) is 3.32. The third kappa shape index (κ3) is 4.99. The van der Waals surface area contributed by atoms with Gasteiger partial charge in [0.15, 0.2) is 0 Å². The van der Waals surface area contributed by atoms with E-state index in [-0.39, 0.29) is 12.5 Å². The van der Waals surface area contributed by atoms with Gasteiger partial charge < -0.3 is 9.64 Å². The van der Waals surface area contributed by atoms with Crippen LogP contribution in [0.5, 0.6) is 5.75 Å². The van der Waals surface area contributed by atoms with Gasteiger partial charge in [-0.1, -0.05) is 25.1 Å². The van der Waals surface area contributed by atoms with Crippen molar-refractivity contribution in [1.29, 1.82) is 0 Å². The molecule has 0 aliphatic rings. The maximum atomic E-state index is 12.0. The highest BCUT2D eigenvalue weighted by atomic mass is 16.6. The number of benzene rings is 1. The fourth-order valence-corrected chi connectivity index (χ4v) is 1.46. The number of ether oxygens (including phenoxy) is 1. The number of hydrogen-bond acceptors (Lipinski definition) is 3. The summed E-state index contributed by atoms with van der Waals surface area (Å²) in [6.07, 6.45) is 0.271. The summed E-state index contributed by atoms with van der Waals surface area (Å²) in [5.74, 6) is 0.351. The lowest BCUT2D eigenvalue weighted by molar-refractivity contribution is -0.129. The average molecular weight is 264 g/mol. The third-order valence-electron chi connectivity index (χ3n) is 2.53. The van der Waals surface area contributed by atoms with Crippen LogP contribution in [0, 0.1) is 0 Å². The molecule has 0 unspecified atom stereocenters. The Labute approximate surface area is 113 Å². The first-order valence-electron chi connectivity index (χ1n) is 6.26. The summed E-state index contributed by atoms with van der Waals surface area (Å²) >= 11 is 0. The number of nitrogens with zero attached hydrogens (tertiary/aromatic N) is 2. The molecule has 0 N–H and O–H groups in total. The second kappa shape index (κ2) is 7.41. The molecule has 5 nitrogen and oxygen atoms in total. The first-order chi connectivity index (χ1) is 9.04. The number of hydrogen-bond donors (Lipinski definition) is 0. The number of rotatable bonds is 5. The van der Waals surface area contributed by atoms with E-state index in [4.69, 9.17) is 4.74 Å². The predicted octanol–water partition coefficient (Wildman–Crippen LogP) is 1.99. The molecule has 0 atom stereocenters. The van der Waals surface area contributed by atoms with Crippen LogP contribution in [0.1, 0.15) is 13.3 Å². The summed E-state index contributed by atoms with van der Waals surface area (Å²) in [4.78, 5) is 26.5. The maximum Gasteiger partial charge on any atom is 0.415 e. The molecule has 19 heavy (non-hydrogen) atoms. The molecule has 1 rings (SSSR count). The lowest BCUT2D eigenvalue weighted by Crippen LogP contribution is -2.42. The van der Waals surface area contributed by atoms with Crippen LogP contribution in [0.2, 0.25) is 0 Å². The van der Waals surface area contributed by atoms with Gasteiger partial charge in [0.2, 0.25) is 5.91 Å². The molecular weight excluding hydrogens is 244 g/mol. The molecule has 104 valence electrons. The number of carbonyl (C=O) groups excluding carboxylic acids is 2. The monoisotopic (exact) mass is 264 g/mol. The zero-order chi connectivity index (χ0) is 14.3. The largest absolute Gasteiger partial charge is 0.415 e. The topological polar surface area (TPSA) is 49.9 Å². The summed E-state index contributed by atoms with van der Waals surface area (Å²) < 4.78 is 5.23. The van der Waals surface area contributed by atoms with E-state index in [0.717, 1.165) is 6.42 Å². The van der Waals surface area contributed by atoms with Gasteiger partial charge in [0.05, 0.1) is 0 Å². The quantitative estimate of drug-likeness (QED) is 0.817. The van der Waals surface area contributed by atoms with E-state index < -0.39 is 6.09 Å². The Bertz CT molecular complexity index is 418. The second-order valence-corrected chi connectivity index (χ2v) is 4.39. The Morgan fingerprint density at radius 1 is 1.16 bits per heavy atom. The van der Waals surface area contributed by atoms with Gasteiger partial charge in [-0.25, -0.2) is 4.79 Å². The molecule has 1 aromatic rings. The Balaban J connectivity index is 2.65. The third-order valence-corrected chi connectivity index (χ3v) is 2.53. The van der Waals surface area contributed by atoms with Crippen molar-refractivity contribution in [1.82, 2.24) is 9.80 Å². The summed E-state index contributed by atoms with van der Waals surface area (Å²) in [5.41, 5.74) is 0. The molecule has 0 bridgehead atoms. The van der Waals surface area contributed by atoms with Crippen LogP contribution in [-0.4, -0.2) is 49.0 Å². The van der Waals surface area contributed by atoms with Crippen molar-refractivity contribution in [2.75, 3.05) is 27.2 Å². The number of carbonyl (C=O) groups is 2. The molecule has 1 aromatic carbocycles. The maximum absolute atomic E-state index is 12.0. The number of amides is 2. The Morgan fingerprint density at radius 3 is 2.32 bits per heavy atom. The van der Waals surface area contributed by atoms with Crippen molar-refractivity contribution in [2.24, 2.45) is 0 Å². The van der Waals surface area contributed by atoms with Crippen LogP contribution in [0.4, 0.5) is 4.79 Å². The van der Waals surface area contributed by atoms with E-state index in [1.54, 1.807) is 38.4 Å². The van der Waals surface area contributed by atoms with E-state index in [9.17, 15) is 9.59 Å². The lowest BCUT2D eigenvalue weighted by Gasteiger charge is -2.22. The second-order valence-electron chi connectivity index (χ2n) is 4.39. The van der Waals surface area contributed by atoms with Crippen molar-refractivity contribution in [2.45, 2.75) is 13.3 Å². The molecule has 0 aliphatic heterocycles. The minimum atomic E-state index is -0.497. The minimum Gasteiger partial charge on any atom is -0.410 e.